The smallest absolute Gasteiger partial charge is 0.410 e. The number of rotatable bonds is 7. The van der Waals surface area contributed by atoms with Crippen LogP contribution in [0.4, 0.5) is 4.79 Å². The lowest BCUT2D eigenvalue weighted by Gasteiger charge is -2.26. The molecule has 0 saturated heterocycles. The summed E-state index contributed by atoms with van der Waals surface area (Å²) in [6.45, 7) is 10.2. The summed E-state index contributed by atoms with van der Waals surface area (Å²) in [5, 5.41) is 0. The molecule has 1 aliphatic rings. The first kappa shape index (κ1) is 22.9. The second kappa shape index (κ2) is 9.54. The van der Waals surface area contributed by atoms with Gasteiger partial charge in [0.25, 0.3) is 0 Å². The Morgan fingerprint density at radius 1 is 0.968 bits per heavy atom. The van der Waals surface area contributed by atoms with Crippen LogP contribution in [0.5, 0.6) is 0 Å². The molecule has 0 aromatic heterocycles. The molecule has 0 saturated carbocycles. The average molecular weight is 424 g/mol. The molecule has 31 heavy (non-hydrogen) atoms. The number of benzene rings is 2. The van der Waals surface area contributed by atoms with Crippen LogP contribution >= 0.6 is 0 Å². The fraction of sp³-hybridized carbons (Fsp3) is 0.462. The molecule has 0 unspecified atom stereocenters. The number of esters is 1. The fourth-order valence-corrected chi connectivity index (χ4v) is 3.86. The Labute approximate surface area is 185 Å². The number of fused-ring (bicyclic) bond motifs is 3. The van der Waals surface area contributed by atoms with E-state index in [0.29, 0.717) is 12.5 Å². The third-order valence-corrected chi connectivity index (χ3v) is 5.31. The molecule has 0 bridgehead atoms. The first-order valence-corrected chi connectivity index (χ1v) is 11.0. The van der Waals surface area contributed by atoms with Crippen molar-refractivity contribution in [2.24, 2.45) is 5.92 Å². The van der Waals surface area contributed by atoms with Gasteiger partial charge in [-0.1, -0.05) is 62.4 Å². The van der Waals surface area contributed by atoms with E-state index < -0.39 is 17.7 Å². The molecular formula is C26H33NO4. The maximum Gasteiger partial charge on any atom is 0.410 e. The van der Waals surface area contributed by atoms with Gasteiger partial charge in [0.2, 0.25) is 0 Å². The summed E-state index contributed by atoms with van der Waals surface area (Å²) in [5.74, 6) is -0.0305. The van der Waals surface area contributed by atoms with Crippen LogP contribution in [0.3, 0.4) is 0 Å². The normalized spacial score (nSPS) is 13.0. The van der Waals surface area contributed by atoms with Crippen molar-refractivity contribution in [3.8, 4) is 11.1 Å². The van der Waals surface area contributed by atoms with E-state index in [0.717, 1.165) is 17.5 Å². The Kier molecular flexibility index (Phi) is 7.04. The maximum atomic E-state index is 12.9. The first-order valence-electron chi connectivity index (χ1n) is 11.0. The highest BCUT2D eigenvalue weighted by molar-refractivity contribution is 5.80. The molecule has 1 amide bonds. The molecule has 0 atom stereocenters. The van der Waals surface area contributed by atoms with Crippen LogP contribution in [-0.2, 0) is 14.3 Å². The van der Waals surface area contributed by atoms with Gasteiger partial charge in [0.15, 0.2) is 0 Å². The Balaban J connectivity index is 1.71. The first-order chi connectivity index (χ1) is 14.7. The highest BCUT2D eigenvalue weighted by Gasteiger charge is 2.30. The summed E-state index contributed by atoms with van der Waals surface area (Å²) >= 11 is 0. The van der Waals surface area contributed by atoms with Gasteiger partial charge in [0.05, 0.1) is 0 Å². The van der Waals surface area contributed by atoms with E-state index in [1.807, 2.05) is 45.0 Å². The van der Waals surface area contributed by atoms with Crippen molar-refractivity contribution in [3.05, 3.63) is 59.7 Å². The Morgan fingerprint density at radius 3 is 2.03 bits per heavy atom. The molecule has 166 valence electrons. The number of carbonyl (C=O) groups excluding carboxylic acids is 2. The lowest BCUT2D eigenvalue weighted by molar-refractivity contribution is -0.155. The standard InChI is InChI=1S/C26H33NO4/c1-18(2)14-15-27(16-24(28)31-26(3,4)5)25(29)30-17-23-21-12-8-6-10-19(21)20-11-7-9-13-22(20)23/h6-13,18,23H,14-17H2,1-5H3. The van der Waals surface area contributed by atoms with Crippen molar-refractivity contribution in [3.63, 3.8) is 0 Å². The largest absolute Gasteiger partial charge is 0.459 e. The summed E-state index contributed by atoms with van der Waals surface area (Å²) in [4.78, 5) is 26.7. The van der Waals surface area contributed by atoms with Gasteiger partial charge in [0, 0.05) is 12.5 Å². The monoisotopic (exact) mass is 423 g/mol. The van der Waals surface area contributed by atoms with Gasteiger partial charge in [0.1, 0.15) is 18.8 Å². The lowest BCUT2D eigenvalue weighted by atomic mass is 9.98. The SMILES string of the molecule is CC(C)CCN(CC(=O)OC(C)(C)C)C(=O)OCC1c2ccccc2-c2ccccc21. The van der Waals surface area contributed by atoms with Crippen LogP contribution in [0.25, 0.3) is 11.1 Å². The lowest BCUT2D eigenvalue weighted by Crippen LogP contribution is -2.40. The third-order valence-electron chi connectivity index (χ3n) is 5.31. The second-order valence-electron chi connectivity index (χ2n) is 9.49. The van der Waals surface area contributed by atoms with Gasteiger partial charge < -0.3 is 9.47 Å². The molecule has 2 aromatic rings. The minimum Gasteiger partial charge on any atom is -0.459 e. The number of hydrogen-bond donors (Lipinski definition) is 0. The van der Waals surface area contributed by atoms with Gasteiger partial charge in [-0.25, -0.2) is 4.79 Å². The van der Waals surface area contributed by atoms with Crippen molar-refractivity contribution >= 4 is 12.1 Å². The summed E-state index contributed by atoms with van der Waals surface area (Å²) in [5.41, 5.74) is 4.10. The van der Waals surface area contributed by atoms with Gasteiger partial charge in [-0.05, 0) is 55.4 Å². The molecule has 0 radical (unpaired) electrons. The van der Waals surface area contributed by atoms with Crippen molar-refractivity contribution in [2.75, 3.05) is 19.7 Å². The van der Waals surface area contributed by atoms with Crippen LogP contribution in [0.15, 0.2) is 48.5 Å². The molecule has 0 spiro atoms. The molecule has 2 aromatic carbocycles. The number of nitrogens with zero attached hydrogens (tertiary/aromatic N) is 1. The molecular weight excluding hydrogens is 390 g/mol. The predicted molar refractivity (Wildman–Crippen MR) is 122 cm³/mol. The Bertz CT molecular complexity index is 883. The second-order valence-corrected chi connectivity index (χ2v) is 9.49. The number of amides is 1. The number of carbonyl (C=O) groups is 2. The topological polar surface area (TPSA) is 55.8 Å². The highest BCUT2D eigenvalue weighted by atomic mass is 16.6. The maximum absolute atomic E-state index is 12.9. The molecule has 3 rings (SSSR count). The minimum absolute atomic E-state index is 0.00942. The quantitative estimate of drug-likeness (QED) is 0.542. The van der Waals surface area contributed by atoms with E-state index in [1.54, 1.807) is 0 Å². The van der Waals surface area contributed by atoms with Crippen LogP contribution in [0.1, 0.15) is 58.1 Å². The number of ether oxygens (including phenoxy) is 2. The molecule has 0 N–H and O–H groups in total. The van der Waals surface area contributed by atoms with E-state index in [4.69, 9.17) is 9.47 Å². The third kappa shape index (κ3) is 5.87. The summed E-state index contributed by atoms with van der Waals surface area (Å²) in [6.07, 6.45) is 0.306. The van der Waals surface area contributed by atoms with Crippen LogP contribution in [0.2, 0.25) is 0 Å². The summed E-state index contributed by atoms with van der Waals surface area (Å²) < 4.78 is 11.2. The van der Waals surface area contributed by atoms with Gasteiger partial charge >= 0.3 is 12.1 Å². The molecule has 1 aliphatic carbocycles. The van der Waals surface area contributed by atoms with E-state index in [9.17, 15) is 9.59 Å². The zero-order valence-corrected chi connectivity index (χ0v) is 19.2. The van der Waals surface area contributed by atoms with E-state index in [2.05, 4.69) is 38.1 Å². The number of hydrogen-bond acceptors (Lipinski definition) is 4. The zero-order chi connectivity index (χ0) is 22.6. The zero-order valence-electron chi connectivity index (χ0n) is 19.2. The van der Waals surface area contributed by atoms with Crippen molar-refractivity contribution in [2.45, 2.75) is 52.6 Å². The molecule has 0 fully saturated rings. The van der Waals surface area contributed by atoms with Crippen LogP contribution in [-0.4, -0.2) is 42.3 Å². The van der Waals surface area contributed by atoms with E-state index in [-0.39, 0.29) is 19.1 Å². The Hall–Kier alpha value is -2.82. The highest BCUT2D eigenvalue weighted by Crippen LogP contribution is 2.44. The van der Waals surface area contributed by atoms with Gasteiger partial charge in [-0.3, -0.25) is 9.69 Å². The molecule has 0 aliphatic heterocycles. The van der Waals surface area contributed by atoms with E-state index >= 15 is 0 Å². The van der Waals surface area contributed by atoms with Crippen molar-refractivity contribution < 1.29 is 19.1 Å². The summed E-state index contributed by atoms with van der Waals surface area (Å²) in [6, 6.07) is 16.5. The average Bonchev–Trinajstić information content (AvgIpc) is 3.01. The molecule has 5 heteroatoms. The van der Waals surface area contributed by atoms with Crippen LogP contribution < -0.4 is 0 Å². The van der Waals surface area contributed by atoms with Crippen LogP contribution in [0, 0.1) is 5.92 Å². The minimum atomic E-state index is -0.595. The molecule has 5 nitrogen and oxygen atoms in total. The van der Waals surface area contributed by atoms with Crippen molar-refractivity contribution in [1.29, 1.82) is 0 Å². The van der Waals surface area contributed by atoms with Gasteiger partial charge in [-0.2, -0.15) is 0 Å². The Morgan fingerprint density at radius 2 is 1.52 bits per heavy atom. The predicted octanol–water partition coefficient (Wildman–Crippen LogP) is 5.63. The van der Waals surface area contributed by atoms with E-state index in [1.165, 1.54) is 16.0 Å². The summed E-state index contributed by atoms with van der Waals surface area (Å²) in [7, 11) is 0. The fourth-order valence-electron chi connectivity index (χ4n) is 3.86. The molecule has 0 heterocycles. The van der Waals surface area contributed by atoms with Crippen molar-refractivity contribution in [1.82, 2.24) is 4.90 Å². The van der Waals surface area contributed by atoms with Gasteiger partial charge in [-0.15, -0.1) is 0 Å².